The minimum absolute atomic E-state index is 0.422. The quantitative estimate of drug-likeness (QED) is 0.419. The highest BCUT2D eigenvalue weighted by molar-refractivity contribution is 6.26. The first kappa shape index (κ1) is 13.1. The maximum absolute atomic E-state index is 6.14. The number of nitrogens with zero attached hydrogens (tertiary/aromatic N) is 2. The molecule has 3 heterocycles. The molecule has 0 aliphatic carbocycles. The van der Waals surface area contributed by atoms with E-state index >= 15 is 0 Å². The molecule has 0 bridgehead atoms. The number of ether oxygens (including phenoxy) is 1. The van der Waals surface area contributed by atoms with Crippen LogP contribution in [-0.4, -0.2) is 12.4 Å². The number of benzene rings is 4. The molecule has 3 aliphatic rings. The van der Waals surface area contributed by atoms with E-state index in [2.05, 4.69) is 77.7 Å². The van der Waals surface area contributed by atoms with Crippen molar-refractivity contribution in [1.29, 1.82) is 0 Å². The van der Waals surface area contributed by atoms with Crippen molar-refractivity contribution in [2.24, 2.45) is 4.99 Å². The molecule has 3 aliphatic heterocycles. The monoisotopic (exact) mass is 334 g/mol. The molecule has 4 aromatic carbocycles. The lowest BCUT2D eigenvalue weighted by molar-refractivity contribution is 0.317. The fourth-order valence-electron chi connectivity index (χ4n) is 4.73. The van der Waals surface area contributed by atoms with Crippen LogP contribution in [0.3, 0.4) is 0 Å². The summed E-state index contributed by atoms with van der Waals surface area (Å²) in [6, 6.07) is 25.8. The van der Waals surface area contributed by atoms with Crippen LogP contribution in [0.25, 0.3) is 21.5 Å². The minimum atomic E-state index is -0.422. The van der Waals surface area contributed by atoms with Crippen LogP contribution in [0.1, 0.15) is 11.1 Å². The average Bonchev–Trinajstić information content (AvgIpc) is 3.48. The Labute approximate surface area is 150 Å². The molecule has 3 nitrogen and oxygen atoms in total. The third kappa shape index (κ3) is 1.35. The molecule has 1 spiro atoms. The fraction of sp³-hybridized carbons (Fsp3) is 0.0870. The Bertz CT molecular complexity index is 1290. The topological polar surface area (TPSA) is 28.1 Å². The largest absolute Gasteiger partial charge is 0.343 e. The SMILES string of the molecule is c1cc2c3c(cccc3c1)N1C(=N2)c2cccc3cccc(c23)C12CO2. The Morgan fingerprint density at radius 3 is 2.31 bits per heavy atom. The summed E-state index contributed by atoms with van der Waals surface area (Å²) in [5.74, 6) is 0.998. The highest BCUT2D eigenvalue weighted by Gasteiger charge is 2.58. The van der Waals surface area contributed by atoms with Gasteiger partial charge in [0, 0.05) is 21.9 Å². The molecule has 4 aromatic rings. The van der Waals surface area contributed by atoms with Gasteiger partial charge in [-0.3, -0.25) is 4.90 Å². The summed E-state index contributed by atoms with van der Waals surface area (Å²) >= 11 is 0. The Balaban J connectivity index is 1.69. The molecule has 7 rings (SSSR count). The van der Waals surface area contributed by atoms with Gasteiger partial charge in [0.05, 0.1) is 11.4 Å². The van der Waals surface area contributed by atoms with Crippen LogP contribution < -0.4 is 4.90 Å². The van der Waals surface area contributed by atoms with Crippen molar-refractivity contribution < 1.29 is 4.74 Å². The second-order valence-electron chi connectivity index (χ2n) is 7.21. The second-order valence-corrected chi connectivity index (χ2v) is 7.21. The lowest BCUT2D eigenvalue weighted by Crippen LogP contribution is -2.46. The summed E-state index contributed by atoms with van der Waals surface area (Å²) in [5.41, 5.74) is 4.24. The van der Waals surface area contributed by atoms with Crippen LogP contribution >= 0.6 is 0 Å². The Hall–Kier alpha value is -3.17. The number of amidine groups is 1. The third-order valence-corrected chi connectivity index (χ3v) is 5.89. The van der Waals surface area contributed by atoms with Gasteiger partial charge < -0.3 is 4.74 Å². The first-order valence-corrected chi connectivity index (χ1v) is 8.94. The van der Waals surface area contributed by atoms with Crippen molar-refractivity contribution >= 4 is 38.8 Å². The highest BCUT2D eigenvalue weighted by atomic mass is 16.6. The molecule has 0 amide bonds. The van der Waals surface area contributed by atoms with Gasteiger partial charge in [-0.05, 0) is 22.9 Å². The summed E-state index contributed by atoms with van der Waals surface area (Å²) in [4.78, 5) is 7.43. The lowest BCUT2D eigenvalue weighted by atomic mass is 9.87. The van der Waals surface area contributed by atoms with Gasteiger partial charge in [-0.25, -0.2) is 4.99 Å². The van der Waals surface area contributed by atoms with Gasteiger partial charge >= 0.3 is 0 Å². The number of fused-ring (bicyclic) bond motifs is 5. The normalized spacial score (nSPS) is 21.8. The van der Waals surface area contributed by atoms with Gasteiger partial charge in [-0.15, -0.1) is 0 Å². The summed E-state index contributed by atoms with van der Waals surface area (Å²) in [5, 5.41) is 4.94. The molecule has 1 unspecified atom stereocenters. The van der Waals surface area contributed by atoms with Crippen LogP contribution in [0.2, 0.25) is 0 Å². The number of rotatable bonds is 0. The zero-order valence-corrected chi connectivity index (χ0v) is 13.9. The van der Waals surface area contributed by atoms with E-state index < -0.39 is 5.72 Å². The Morgan fingerprint density at radius 2 is 1.50 bits per heavy atom. The summed E-state index contributed by atoms with van der Waals surface area (Å²) < 4.78 is 6.14. The van der Waals surface area contributed by atoms with Gasteiger partial charge in [-0.1, -0.05) is 60.7 Å². The van der Waals surface area contributed by atoms with E-state index in [1.54, 1.807) is 0 Å². The van der Waals surface area contributed by atoms with Crippen molar-refractivity contribution in [2.45, 2.75) is 5.72 Å². The van der Waals surface area contributed by atoms with E-state index in [0.29, 0.717) is 6.61 Å². The summed E-state index contributed by atoms with van der Waals surface area (Å²) in [6.45, 7) is 0.692. The zero-order valence-electron chi connectivity index (χ0n) is 13.9. The van der Waals surface area contributed by atoms with Crippen LogP contribution in [0.4, 0.5) is 11.4 Å². The van der Waals surface area contributed by atoms with Gasteiger partial charge in [0.2, 0.25) is 0 Å². The lowest BCUT2D eigenvalue weighted by Gasteiger charge is -2.40. The maximum Gasteiger partial charge on any atom is 0.197 e. The first-order valence-electron chi connectivity index (χ1n) is 8.94. The molecule has 0 N–H and O–H groups in total. The third-order valence-electron chi connectivity index (χ3n) is 5.89. The van der Waals surface area contributed by atoms with E-state index in [0.717, 1.165) is 11.5 Å². The van der Waals surface area contributed by atoms with Crippen LogP contribution in [-0.2, 0) is 10.5 Å². The Morgan fingerprint density at radius 1 is 0.808 bits per heavy atom. The highest BCUT2D eigenvalue weighted by Crippen LogP contribution is 2.55. The summed E-state index contributed by atoms with van der Waals surface area (Å²) in [7, 11) is 0. The van der Waals surface area contributed by atoms with Gasteiger partial charge in [0.15, 0.2) is 5.72 Å². The van der Waals surface area contributed by atoms with Gasteiger partial charge in [0.25, 0.3) is 0 Å². The molecule has 122 valence electrons. The fourth-order valence-corrected chi connectivity index (χ4v) is 4.73. The molecule has 1 atom stereocenters. The van der Waals surface area contributed by atoms with E-state index in [-0.39, 0.29) is 0 Å². The van der Waals surface area contributed by atoms with Crippen molar-refractivity contribution in [3.63, 3.8) is 0 Å². The van der Waals surface area contributed by atoms with E-state index in [1.165, 1.54) is 38.4 Å². The molecule has 0 aromatic heterocycles. The number of epoxide rings is 1. The van der Waals surface area contributed by atoms with Crippen molar-refractivity contribution in [1.82, 2.24) is 0 Å². The maximum atomic E-state index is 6.14. The smallest absolute Gasteiger partial charge is 0.197 e. The van der Waals surface area contributed by atoms with Crippen LogP contribution in [0, 0.1) is 0 Å². The van der Waals surface area contributed by atoms with E-state index in [1.807, 2.05) is 0 Å². The predicted molar refractivity (Wildman–Crippen MR) is 104 cm³/mol. The molecule has 1 saturated heterocycles. The summed E-state index contributed by atoms with van der Waals surface area (Å²) in [6.07, 6.45) is 0. The van der Waals surface area contributed by atoms with Crippen molar-refractivity contribution in [2.75, 3.05) is 11.5 Å². The Kier molecular flexibility index (Phi) is 2.08. The number of anilines is 1. The molecular weight excluding hydrogens is 320 g/mol. The second kappa shape index (κ2) is 4.14. The molecule has 3 heteroatoms. The molecule has 0 radical (unpaired) electrons. The van der Waals surface area contributed by atoms with E-state index in [4.69, 9.17) is 9.73 Å². The van der Waals surface area contributed by atoms with Crippen LogP contribution in [0.15, 0.2) is 77.8 Å². The number of hydrogen-bond acceptors (Lipinski definition) is 3. The van der Waals surface area contributed by atoms with Crippen LogP contribution in [0.5, 0.6) is 0 Å². The van der Waals surface area contributed by atoms with Crippen molar-refractivity contribution in [3.05, 3.63) is 83.9 Å². The predicted octanol–water partition coefficient (Wildman–Crippen LogP) is 5.09. The molecule has 26 heavy (non-hydrogen) atoms. The van der Waals surface area contributed by atoms with E-state index in [9.17, 15) is 0 Å². The number of aliphatic imine (C=N–C) groups is 1. The van der Waals surface area contributed by atoms with Gasteiger partial charge in [-0.2, -0.15) is 0 Å². The standard InChI is InChI=1S/C23H14N2O/c1-5-14-6-2-10-17-20(14)16(9-1)22-24-18-11-3-7-15-8-4-12-19(21(15)18)25(22)23(17)13-26-23/h1-12H,13H2. The molecular formula is C23H14N2O. The van der Waals surface area contributed by atoms with Gasteiger partial charge in [0.1, 0.15) is 12.4 Å². The number of hydrogen-bond donors (Lipinski definition) is 0. The zero-order chi connectivity index (χ0) is 16.9. The molecule has 0 saturated carbocycles. The first-order chi connectivity index (χ1) is 12.9. The van der Waals surface area contributed by atoms with Crippen molar-refractivity contribution in [3.8, 4) is 0 Å². The average molecular weight is 334 g/mol. The molecule has 1 fully saturated rings. The minimum Gasteiger partial charge on any atom is -0.343 e.